The highest BCUT2D eigenvalue weighted by Gasteiger charge is 2.37. The maximum Gasteiger partial charge on any atom is 0.228 e. The predicted molar refractivity (Wildman–Crippen MR) is 91.9 cm³/mol. The first-order valence-electron chi connectivity index (χ1n) is 8.98. The van der Waals surface area contributed by atoms with E-state index in [-0.39, 0.29) is 17.9 Å². The summed E-state index contributed by atoms with van der Waals surface area (Å²) in [6, 6.07) is 3.78. The van der Waals surface area contributed by atoms with Gasteiger partial charge in [0.1, 0.15) is 0 Å². The average molecular weight is 341 g/mol. The normalized spacial score (nSPS) is 23.9. The molecule has 0 bridgehead atoms. The third kappa shape index (κ3) is 3.23. The molecule has 25 heavy (non-hydrogen) atoms. The minimum absolute atomic E-state index is 0.0119. The van der Waals surface area contributed by atoms with Crippen molar-refractivity contribution in [2.45, 2.75) is 38.6 Å². The van der Waals surface area contributed by atoms with E-state index in [0.717, 1.165) is 50.2 Å². The minimum atomic E-state index is -0.0119. The molecule has 0 spiro atoms. The van der Waals surface area contributed by atoms with Crippen LogP contribution in [0.25, 0.3) is 0 Å². The van der Waals surface area contributed by atoms with Gasteiger partial charge < -0.3 is 14.3 Å². The average Bonchev–Trinajstić information content (AvgIpc) is 3.30. The van der Waals surface area contributed by atoms with Crippen LogP contribution in [0.2, 0.25) is 0 Å². The third-order valence-electron chi connectivity index (χ3n) is 5.12. The largest absolute Gasteiger partial charge is 0.359 e. The fraction of sp³-hybridized carbons (Fsp3) is 0.556. The summed E-state index contributed by atoms with van der Waals surface area (Å²) in [5.41, 5.74) is 0.861. The van der Waals surface area contributed by atoms with E-state index in [4.69, 9.17) is 4.52 Å². The van der Waals surface area contributed by atoms with Crippen LogP contribution in [0.4, 0.5) is 5.95 Å². The first-order chi connectivity index (χ1) is 12.2. The van der Waals surface area contributed by atoms with Gasteiger partial charge in [0.15, 0.2) is 5.76 Å². The van der Waals surface area contributed by atoms with E-state index in [9.17, 15) is 4.79 Å². The van der Waals surface area contributed by atoms with Gasteiger partial charge in [0.05, 0.1) is 17.7 Å². The Balaban J connectivity index is 1.48. The maximum atomic E-state index is 13.2. The van der Waals surface area contributed by atoms with E-state index in [1.807, 2.05) is 24.0 Å². The molecule has 2 saturated heterocycles. The SMILES string of the molecule is Cc1cc([C@@H]2CCCN2C(=O)[C@H]2CCCN(c3ncccn3)C2)on1. The summed E-state index contributed by atoms with van der Waals surface area (Å²) in [4.78, 5) is 25.9. The summed E-state index contributed by atoms with van der Waals surface area (Å²) in [5.74, 6) is 1.73. The molecule has 132 valence electrons. The zero-order valence-corrected chi connectivity index (χ0v) is 14.5. The van der Waals surface area contributed by atoms with Gasteiger partial charge in [-0.3, -0.25) is 4.79 Å². The van der Waals surface area contributed by atoms with Gasteiger partial charge in [0.2, 0.25) is 11.9 Å². The molecule has 1 amide bonds. The highest BCUT2D eigenvalue weighted by atomic mass is 16.5. The number of carbonyl (C=O) groups excluding carboxylic acids is 1. The van der Waals surface area contributed by atoms with E-state index in [0.29, 0.717) is 12.5 Å². The van der Waals surface area contributed by atoms with Crippen LogP contribution in [0.1, 0.15) is 43.2 Å². The van der Waals surface area contributed by atoms with Crippen LogP contribution in [0.5, 0.6) is 0 Å². The second kappa shape index (κ2) is 6.82. The number of amides is 1. The summed E-state index contributed by atoms with van der Waals surface area (Å²) in [6.45, 7) is 4.29. The van der Waals surface area contributed by atoms with Gasteiger partial charge in [-0.2, -0.15) is 0 Å². The number of hydrogen-bond donors (Lipinski definition) is 0. The zero-order chi connectivity index (χ0) is 17.2. The van der Waals surface area contributed by atoms with Crippen molar-refractivity contribution in [1.82, 2.24) is 20.0 Å². The Kier molecular flexibility index (Phi) is 4.38. The summed E-state index contributed by atoms with van der Waals surface area (Å²) in [7, 11) is 0. The number of aryl methyl sites for hydroxylation is 1. The van der Waals surface area contributed by atoms with Crippen molar-refractivity contribution in [2.24, 2.45) is 5.92 Å². The molecule has 7 nitrogen and oxygen atoms in total. The summed E-state index contributed by atoms with van der Waals surface area (Å²) in [6.07, 6.45) is 7.34. The maximum absolute atomic E-state index is 13.2. The van der Waals surface area contributed by atoms with E-state index in [1.165, 1.54) is 0 Å². The number of piperidine rings is 1. The minimum Gasteiger partial charge on any atom is -0.359 e. The van der Waals surface area contributed by atoms with Crippen molar-refractivity contribution < 1.29 is 9.32 Å². The standard InChI is InChI=1S/C18H23N5O2/c1-13-11-16(25-21-13)15-6-3-10-23(15)17(24)14-5-2-9-22(12-14)18-19-7-4-8-20-18/h4,7-8,11,14-15H,2-3,5-6,9-10,12H2,1H3/t14-,15-/m0/s1. The fourth-order valence-corrected chi connectivity index (χ4v) is 3.92. The number of rotatable bonds is 3. The number of hydrogen-bond acceptors (Lipinski definition) is 6. The Morgan fingerprint density at radius 2 is 2.00 bits per heavy atom. The van der Waals surface area contributed by atoms with Gasteiger partial charge in [0, 0.05) is 38.1 Å². The van der Waals surface area contributed by atoms with Gasteiger partial charge in [-0.05, 0) is 38.7 Å². The molecular formula is C18H23N5O2. The lowest BCUT2D eigenvalue weighted by molar-refractivity contribution is -0.137. The molecule has 2 atom stereocenters. The second-order valence-corrected chi connectivity index (χ2v) is 6.89. The molecule has 0 radical (unpaired) electrons. The molecule has 7 heteroatoms. The van der Waals surface area contributed by atoms with Crippen molar-refractivity contribution in [3.63, 3.8) is 0 Å². The molecule has 2 aromatic rings. The number of anilines is 1. The third-order valence-corrected chi connectivity index (χ3v) is 5.12. The summed E-state index contributed by atoms with van der Waals surface area (Å²) < 4.78 is 5.43. The van der Waals surface area contributed by atoms with E-state index in [1.54, 1.807) is 12.4 Å². The van der Waals surface area contributed by atoms with E-state index in [2.05, 4.69) is 20.0 Å². The monoisotopic (exact) mass is 341 g/mol. The lowest BCUT2D eigenvalue weighted by Crippen LogP contribution is -2.45. The lowest BCUT2D eigenvalue weighted by Gasteiger charge is -2.35. The highest BCUT2D eigenvalue weighted by Crippen LogP contribution is 2.34. The number of aromatic nitrogens is 3. The van der Waals surface area contributed by atoms with Crippen LogP contribution >= 0.6 is 0 Å². The molecule has 0 unspecified atom stereocenters. The highest BCUT2D eigenvalue weighted by molar-refractivity contribution is 5.80. The van der Waals surface area contributed by atoms with E-state index < -0.39 is 0 Å². The predicted octanol–water partition coefficient (Wildman–Crippen LogP) is 2.35. The molecule has 4 rings (SSSR count). The first-order valence-corrected chi connectivity index (χ1v) is 8.98. The molecule has 2 aliphatic heterocycles. The Morgan fingerprint density at radius 3 is 2.76 bits per heavy atom. The van der Waals surface area contributed by atoms with Gasteiger partial charge in [-0.15, -0.1) is 0 Å². The second-order valence-electron chi connectivity index (χ2n) is 6.89. The lowest BCUT2D eigenvalue weighted by atomic mass is 9.96. The Bertz CT molecular complexity index is 732. The van der Waals surface area contributed by atoms with Crippen LogP contribution in [-0.4, -0.2) is 45.6 Å². The topological polar surface area (TPSA) is 75.4 Å². The molecular weight excluding hydrogens is 318 g/mol. The Hall–Kier alpha value is -2.44. The molecule has 0 aromatic carbocycles. The van der Waals surface area contributed by atoms with Crippen LogP contribution in [0.15, 0.2) is 29.0 Å². The van der Waals surface area contributed by atoms with Gasteiger partial charge in [0.25, 0.3) is 0 Å². The summed E-state index contributed by atoms with van der Waals surface area (Å²) >= 11 is 0. The van der Waals surface area contributed by atoms with Gasteiger partial charge in [-0.1, -0.05) is 5.16 Å². The number of nitrogens with zero attached hydrogens (tertiary/aromatic N) is 5. The van der Waals surface area contributed by atoms with Crippen molar-refractivity contribution in [1.29, 1.82) is 0 Å². The molecule has 0 N–H and O–H groups in total. The zero-order valence-electron chi connectivity index (χ0n) is 14.5. The first kappa shape index (κ1) is 16.1. The number of carbonyl (C=O) groups is 1. The molecule has 2 fully saturated rings. The smallest absolute Gasteiger partial charge is 0.228 e. The van der Waals surface area contributed by atoms with Crippen LogP contribution in [-0.2, 0) is 4.79 Å². The quantitative estimate of drug-likeness (QED) is 0.853. The van der Waals surface area contributed by atoms with Crippen molar-refractivity contribution >= 4 is 11.9 Å². The van der Waals surface area contributed by atoms with Gasteiger partial charge in [-0.25, -0.2) is 9.97 Å². The molecule has 4 heterocycles. The van der Waals surface area contributed by atoms with Crippen molar-refractivity contribution in [2.75, 3.05) is 24.5 Å². The molecule has 2 aromatic heterocycles. The van der Waals surface area contributed by atoms with Crippen LogP contribution in [0, 0.1) is 12.8 Å². The van der Waals surface area contributed by atoms with Crippen LogP contribution in [0.3, 0.4) is 0 Å². The van der Waals surface area contributed by atoms with E-state index >= 15 is 0 Å². The van der Waals surface area contributed by atoms with Crippen LogP contribution < -0.4 is 4.90 Å². The molecule has 2 aliphatic rings. The fourth-order valence-electron chi connectivity index (χ4n) is 3.92. The van der Waals surface area contributed by atoms with Crippen molar-refractivity contribution in [3.8, 4) is 0 Å². The van der Waals surface area contributed by atoms with Gasteiger partial charge >= 0.3 is 0 Å². The Morgan fingerprint density at radius 1 is 1.20 bits per heavy atom. The summed E-state index contributed by atoms with van der Waals surface area (Å²) in [5, 5.41) is 3.98. The molecule has 0 aliphatic carbocycles. The molecule has 0 saturated carbocycles. The Labute approximate surface area is 147 Å². The van der Waals surface area contributed by atoms with Crippen molar-refractivity contribution in [3.05, 3.63) is 36.0 Å². The number of likely N-dealkylation sites (tertiary alicyclic amines) is 1.